The van der Waals surface area contributed by atoms with E-state index in [0.717, 1.165) is 37.6 Å². The van der Waals surface area contributed by atoms with Gasteiger partial charge in [-0.15, -0.1) is 12.3 Å². The molecule has 0 aromatic carbocycles. The molecule has 1 unspecified atom stereocenters. The monoisotopic (exact) mass is 378 g/mol. The maximum atomic E-state index is 13.0. The highest BCUT2D eigenvalue weighted by Crippen LogP contribution is 2.37. The fourth-order valence-electron chi connectivity index (χ4n) is 3.39. The SMILES string of the molecule is C#CC[C@@H]1CCC(n2cc(Nc3ncc(C(F)(F)F)c(NC)n3)c(C)n2)C1. The summed E-state index contributed by atoms with van der Waals surface area (Å²) in [5.74, 6) is 3.02. The zero-order valence-corrected chi connectivity index (χ0v) is 15.1. The Bertz CT molecular complexity index is 852. The van der Waals surface area contributed by atoms with E-state index in [4.69, 9.17) is 6.42 Å². The number of halogens is 3. The van der Waals surface area contributed by atoms with Crippen molar-refractivity contribution in [2.45, 2.75) is 44.8 Å². The zero-order valence-electron chi connectivity index (χ0n) is 15.1. The van der Waals surface area contributed by atoms with Gasteiger partial charge in [-0.2, -0.15) is 23.3 Å². The second-order valence-corrected chi connectivity index (χ2v) is 6.68. The minimum absolute atomic E-state index is 0.0756. The third kappa shape index (κ3) is 4.15. The summed E-state index contributed by atoms with van der Waals surface area (Å²) >= 11 is 0. The molecular formula is C18H21F3N6. The molecular weight excluding hydrogens is 357 g/mol. The number of aromatic nitrogens is 4. The van der Waals surface area contributed by atoms with Gasteiger partial charge in [0.05, 0.1) is 17.4 Å². The van der Waals surface area contributed by atoms with E-state index in [0.29, 0.717) is 11.6 Å². The maximum Gasteiger partial charge on any atom is 0.421 e. The van der Waals surface area contributed by atoms with Gasteiger partial charge in [-0.1, -0.05) is 0 Å². The normalized spacial score (nSPS) is 19.7. The molecule has 0 aliphatic heterocycles. The molecule has 0 spiro atoms. The molecule has 1 aliphatic rings. The molecule has 2 aromatic rings. The van der Waals surface area contributed by atoms with Gasteiger partial charge >= 0.3 is 6.18 Å². The van der Waals surface area contributed by atoms with E-state index in [1.807, 2.05) is 17.8 Å². The molecule has 2 atom stereocenters. The minimum Gasteiger partial charge on any atom is -0.372 e. The van der Waals surface area contributed by atoms with Crippen molar-refractivity contribution < 1.29 is 13.2 Å². The van der Waals surface area contributed by atoms with Crippen LogP contribution in [0.4, 0.5) is 30.6 Å². The Morgan fingerprint density at radius 1 is 1.37 bits per heavy atom. The smallest absolute Gasteiger partial charge is 0.372 e. The first-order valence-electron chi connectivity index (χ1n) is 8.70. The predicted octanol–water partition coefficient (Wildman–Crippen LogP) is 4.15. The van der Waals surface area contributed by atoms with E-state index in [1.165, 1.54) is 7.05 Å². The Morgan fingerprint density at radius 3 is 2.81 bits per heavy atom. The molecule has 2 heterocycles. The molecule has 2 N–H and O–H groups in total. The third-order valence-electron chi connectivity index (χ3n) is 4.79. The Hall–Kier alpha value is -2.76. The van der Waals surface area contributed by atoms with Crippen molar-refractivity contribution in [1.82, 2.24) is 19.7 Å². The lowest BCUT2D eigenvalue weighted by atomic mass is 10.0. The molecule has 0 amide bonds. The van der Waals surface area contributed by atoms with Crippen molar-refractivity contribution in [2.75, 3.05) is 17.7 Å². The minimum atomic E-state index is -4.52. The second-order valence-electron chi connectivity index (χ2n) is 6.68. The predicted molar refractivity (Wildman–Crippen MR) is 96.7 cm³/mol. The van der Waals surface area contributed by atoms with Crippen LogP contribution in [0.5, 0.6) is 0 Å². The van der Waals surface area contributed by atoms with Crippen molar-refractivity contribution in [3.05, 3.63) is 23.7 Å². The van der Waals surface area contributed by atoms with E-state index >= 15 is 0 Å². The molecule has 2 aromatic heterocycles. The van der Waals surface area contributed by atoms with Crippen LogP contribution in [-0.4, -0.2) is 26.8 Å². The molecule has 1 fully saturated rings. The van der Waals surface area contributed by atoms with Gasteiger partial charge < -0.3 is 10.6 Å². The number of hydrogen-bond donors (Lipinski definition) is 2. The lowest BCUT2D eigenvalue weighted by Crippen LogP contribution is -2.12. The molecule has 9 heteroatoms. The van der Waals surface area contributed by atoms with E-state index in [9.17, 15) is 13.2 Å². The van der Waals surface area contributed by atoms with Crippen molar-refractivity contribution in [2.24, 2.45) is 5.92 Å². The van der Waals surface area contributed by atoms with Gasteiger partial charge in [-0.05, 0) is 32.1 Å². The fourth-order valence-corrected chi connectivity index (χ4v) is 3.39. The first-order valence-corrected chi connectivity index (χ1v) is 8.70. The largest absolute Gasteiger partial charge is 0.421 e. The van der Waals surface area contributed by atoms with Crippen molar-refractivity contribution >= 4 is 17.5 Å². The first kappa shape index (κ1) is 19.0. The standard InChI is InChI=1S/C18H21F3N6/c1-4-5-12-6-7-13(8-12)27-10-15(11(2)26-27)24-17-23-9-14(18(19,20)21)16(22-3)25-17/h1,9-10,12-13H,5-8H2,2-3H3,(H2,22,23,24,25)/t12-,13?/m1/s1. The Balaban J connectivity index is 1.77. The van der Waals surface area contributed by atoms with Crippen LogP contribution in [0.3, 0.4) is 0 Å². The zero-order chi connectivity index (χ0) is 19.6. The van der Waals surface area contributed by atoms with Crippen LogP contribution in [0.1, 0.15) is 43.0 Å². The molecule has 6 nitrogen and oxygen atoms in total. The molecule has 1 aliphatic carbocycles. The second kappa shape index (κ2) is 7.47. The van der Waals surface area contributed by atoms with Crippen LogP contribution in [0.15, 0.2) is 12.4 Å². The number of nitrogens with zero attached hydrogens (tertiary/aromatic N) is 4. The first-order chi connectivity index (χ1) is 12.8. The van der Waals surface area contributed by atoms with Crippen molar-refractivity contribution in [3.63, 3.8) is 0 Å². The van der Waals surface area contributed by atoms with Crippen molar-refractivity contribution in [3.8, 4) is 12.3 Å². The molecule has 27 heavy (non-hydrogen) atoms. The average molecular weight is 378 g/mol. The van der Waals surface area contributed by atoms with E-state index in [1.54, 1.807) is 0 Å². The quantitative estimate of drug-likeness (QED) is 0.765. The number of rotatable bonds is 5. The number of nitrogens with one attached hydrogen (secondary N) is 2. The molecule has 1 saturated carbocycles. The molecule has 0 saturated heterocycles. The number of aryl methyl sites for hydroxylation is 1. The summed E-state index contributed by atoms with van der Waals surface area (Å²) in [5, 5.41) is 9.96. The number of hydrogen-bond acceptors (Lipinski definition) is 5. The van der Waals surface area contributed by atoms with Gasteiger partial charge in [0.2, 0.25) is 5.95 Å². The maximum absolute atomic E-state index is 13.0. The van der Waals surface area contributed by atoms with Crippen LogP contribution >= 0.6 is 0 Å². The van der Waals surface area contributed by atoms with Gasteiger partial charge in [0.15, 0.2) is 0 Å². The number of terminal acetylenes is 1. The Morgan fingerprint density at radius 2 is 2.15 bits per heavy atom. The molecule has 3 rings (SSSR count). The van der Waals surface area contributed by atoms with Crippen LogP contribution in [0.2, 0.25) is 0 Å². The summed E-state index contributed by atoms with van der Waals surface area (Å²) < 4.78 is 40.8. The van der Waals surface area contributed by atoms with E-state index < -0.39 is 11.7 Å². The summed E-state index contributed by atoms with van der Waals surface area (Å²) in [5.41, 5.74) is 0.482. The summed E-state index contributed by atoms with van der Waals surface area (Å²) in [7, 11) is 1.39. The van der Waals surface area contributed by atoms with Gasteiger partial charge in [0.25, 0.3) is 0 Å². The van der Waals surface area contributed by atoms with Crippen LogP contribution in [-0.2, 0) is 6.18 Å². The highest BCUT2D eigenvalue weighted by molar-refractivity contribution is 5.57. The van der Waals surface area contributed by atoms with Crippen LogP contribution in [0.25, 0.3) is 0 Å². The van der Waals surface area contributed by atoms with E-state index in [2.05, 4.69) is 31.6 Å². The summed E-state index contributed by atoms with van der Waals surface area (Å²) in [6.07, 6.45) is 7.32. The van der Waals surface area contributed by atoms with Gasteiger partial charge in [0, 0.05) is 25.9 Å². The lowest BCUT2D eigenvalue weighted by Gasteiger charge is -2.12. The molecule has 144 valence electrons. The molecule has 0 radical (unpaired) electrons. The molecule has 0 bridgehead atoms. The average Bonchev–Trinajstić information content (AvgIpc) is 3.21. The summed E-state index contributed by atoms with van der Waals surface area (Å²) in [4.78, 5) is 7.72. The number of alkyl halides is 3. The number of anilines is 3. The van der Waals surface area contributed by atoms with Crippen molar-refractivity contribution in [1.29, 1.82) is 0 Å². The van der Waals surface area contributed by atoms with Gasteiger partial charge in [-0.25, -0.2) is 4.98 Å². The highest BCUT2D eigenvalue weighted by Gasteiger charge is 2.35. The van der Waals surface area contributed by atoms with E-state index in [-0.39, 0.29) is 17.8 Å². The highest BCUT2D eigenvalue weighted by atomic mass is 19.4. The Kier molecular flexibility index (Phi) is 5.26. The lowest BCUT2D eigenvalue weighted by molar-refractivity contribution is -0.137. The van der Waals surface area contributed by atoms with Gasteiger partial charge in [-0.3, -0.25) is 4.68 Å². The van der Waals surface area contributed by atoms with Crippen LogP contribution in [0, 0.1) is 25.2 Å². The van der Waals surface area contributed by atoms with Gasteiger partial charge in [0.1, 0.15) is 11.4 Å². The third-order valence-corrected chi connectivity index (χ3v) is 4.79. The topological polar surface area (TPSA) is 67.7 Å². The van der Waals surface area contributed by atoms with Crippen LogP contribution < -0.4 is 10.6 Å². The summed E-state index contributed by atoms with van der Waals surface area (Å²) in [6.45, 7) is 1.83. The summed E-state index contributed by atoms with van der Waals surface area (Å²) in [6, 6.07) is 0.277. The fraction of sp³-hybridized carbons (Fsp3) is 0.500. The Labute approximate surface area is 155 Å².